The predicted octanol–water partition coefficient (Wildman–Crippen LogP) is 4.35. The summed E-state index contributed by atoms with van der Waals surface area (Å²) >= 11 is 5.95. The monoisotopic (exact) mass is 291 g/mol. The third-order valence-electron chi connectivity index (χ3n) is 4.58. The Hall–Kier alpha value is -1.09. The number of alkyl halides is 1. The van der Waals surface area contributed by atoms with E-state index in [1.807, 2.05) is 18.3 Å². The molecular weight excluding hydrogens is 270 g/mol. The molecule has 2 aromatic heterocycles. The second kappa shape index (κ2) is 6.13. The lowest BCUT2D eigenvalue weighted by atomic mass is 9.84. The molecule has 20 heavy (non-hydrogen) atoms. The number of nitrogens with zero attached hydrogens (tertiary/aromatic N) is 3. The van der Waals surface area contributed by atoms with Crippen LogP contribution in [0.15, 0.2) is 18.3 Å². The Morgan fingerprint density at radius 2 is 2.15 bits per heavy atom. The highest BCUT2D eigenvalue weighted by Gasteiger charge is 2.25. The summed E-state index contributed by atoms with van der Waals surface area (Å²) < 4.78 is 2.34. The molecule has 1 saturated carbocycles. The van der Waals surface area contributed by atoms with Crippen molar-refractivity contribution in [2.45, 2.75) is 51.5 Å². The van der Waals surface area contributed by atoms with Crippen molar-refractivity contribution in [1.82, 2.24) is 14.5 Å². The molecule has 1 aliphatic rings. The summed E-state index contributed by atoms with van der Waals surface area (Å²) in [5.41, 5.74) is 2.01. The molecule has 0 radical (unpaired) electrons. The smallest absolute Gasteiger partial charge is 0.160 e. The maximum atomic E-state index is 5.95. The molecule has 2 aromatic rings. The van der Waals surface area contributed by atoms with Crippen molar-refractivity contribution in [3.63, 3.8) is 0 Å². The van der Waals surface area contributed by atoms with Crippen LogP contribution in [0.2, 0.25) is 0 Å². The van der Waals surface area contributed by atoms with Gasteiger partial charge in [0.15, 0.2) is 5.65 Å². The summed E-state index contributed by atoms with van der Waals surface area (Å²) in [5.74, 6) is 2.45. The third kappa shape index (κ3) is 2.56. The normalized spacial score (nSPS) is 18.5. The van der Waals surface area contributed by atoms with E-state index in [1.54, 1.807) is 0 Å². The minimum absolute atomic E-state index is 0.466. The molecule has 2 heterocycles. The van der Waals surface area contributed by atoms with Gasteiger partial charge in [-0.15, -0.1) is 11.6 Å². The fourth-order valence-electron chi connectivity index (χ4n) is 3.49. The van der Waals surface area contributed by atoms with Crippen LogP contribution in [0, 0.1) is 5.92 Å². The summed E-state index contributed by atoms with van der Waals surface area (Å²) in [5, 5.41) is 0. The van der Waals surface area contributed by atoms with Crippen LogP contribution in [-0.4, -0.2) is 20.4 Å². The van der Waals surface area contributed by atoms with Gasteiger partial charge in [-0.25, -0.2) is 9.97 Å². The van der Waals surface area contributed by atoms with Crippen LogP contribution in [0.1, 0.15) is 50.9 Å². The Morgan fingerprint density at radius 1 is 1.35 bits per heavy atom. The zero-order chi connectivity index (χ0) is 13.9. The average Bonchev–Trinajstić information content (AvgIpc) is 2.86. The Bertz CT molecular complexity index is 572. The second-order valence-electron chi connectivity index (χ2n) is 5.82. The molecule has 3 rings (SSSR count). The van der Waals surface area contributed by atoms with Crippen LogP contribution in [0.25, 0.3) is 11.2 Å². The molecule has 0 aromatic carbocycles. The largest absolute Gasteiger partial charge is 0.310 e. The van der Waals surface area contributed by atoms with Crippen LogP contribution in [0.4, 0.5) is 0 Å². The predicted molar refractivity (Wildman–Crippen MR) is 83.2 cm³/mol. The van der Waals surface area contributed by atoms with E-state index in [2.05, 4.69) is 16.5 Å². The number of fused-ring (bicyclic) bond motifs is 1. The Labute approximate surface area is 125 Å². The molecule has 1 unspecified atom stereocenters. The Balaban J connectivity index is 2.00. The van der Waals surface area contributed by atoms with Gasteiger partial charge in [-0.1, -0.05) is 19.3 Å². The highest BCUT2D eigenvalue weighted by atomic mass is 35.5. The first-order valence-corrected chi connectivity index (χ1v) is 8.22. The second-order valence-corrected chi connectivity index (χ2v) is 6.20. The number of pyridine rings is 1. The van der Waals surface area contributed by atoms with Gasteiger partial charge in [0.05, 0.1) is 0 Å². The van der Waals surface area contributed by atoms with E-state index in [0.717, 1.165) is 29.3 Å². The van der Waals surface area contributed by atoms with Gasteiger partial charge in [0.1, 0.15) is 11.3 Å². The number of hydrogen-bond donors (Lipinski definition) is 0. The minimum Gasteiger partial charge on any atom is -0.310 e. The Kier molecular flexibility index (Phi) is 4.25. The molecule has 0 saturated heterocycles. The van der Waals surface area contributed by atoms with Gasteiger partial charge < -0.3 is 4.57 Å². The average molecular weight is 292 g/mol. The van der Waals surface area contributed by atoms with Crippen molar-refractivity contribution in [1.29, 1.82) is 0 Å². The summed E-state index contributed by atoms with van der Waals surface area (Å²) in [6.07, 6.45) is 9.44. The molecule has 108 valence electrons. The van der Waals surface area contributed by atoms with Crippen molar-refractivity contribution in [2.24, 2.45) is 5.92 Å². The highest BCUT2D eigenvalue weighted by Crippen LogP contribution is 2.35. The SMILES string of the molecule is CC(C1CCCCC1)n1c(CCCl)nc2cccnc21. The quantitative estimate of drug-likeness (QED) is 0.784. The van der Waals surface area contributed by atoms with E-state index in [-0.39, 0.29) is 0 Å². The molecule has 0 spiro atoms. The molecule has 4 heteroatoms. The molecule has 0 N–H and O–H groups in total. The van der Waals surface area contributed by atoms with E-state index in [9.17, 15) is 0 Å². The van der Waals surface area contributed by atoms with Crippen molar-refractivity contribution >= 4 is 22.8 Å². The number of hydrogen-bond acceptors (Lipinski definition) is 2. The molecule has 1 aliphatic carbocycles. The summed E-state index contributed by atoms with van der Waals surface area (Å²) in [6, 6.07) is 4.47. The number of aryl methyl sites for hydroxylation is 1. The van der Waals surface area contributed by atoms with Gasteiger partial charge in [-0.3, -0.25) is 0 Å². The first kappa shape index (κ1) is 13.9. The van der Waals surface area contributed by atoms with Gasteiger partial charge >= 0.3 is 0 Å². The Morgan fingerprint density at radius 3 is 2.90 bits per heavy atom. The highest BCUT2D eigenvalue weighted by molar-refractivity contribution is 6.17. The number of halogens is 1. The van der Waals surface area contributed by atoms with E-state index < -0.39 is 0 Å². The van der Waals surface area contributed by atoms with E-state index in [0.29, 0.717) is 11.9 Å². The maximum absolute atomic E-state index is 5.95. The first-order valence-electron chi connectivity index (χ1n) is 7.69. The van der Waals surface area contributed by atoms with Crippen molar-refractivity contribution in [3.05, 3.63) is 24.2 Å². The molecule has 3 nitrogen and oxygen atoms in total. The summed E-state index contributed by atoms with van der Waals surface area (Å²) in [7, 11) is 0. The number of rotatable bonds is 4. The van der Waals surface area contributed by atoms with E-state index in [1.165, 1.54) is 32.1 Å². The molecule has 1 atom stereocenters. The summed E-state index contributed by atoms with van der Waals surface area (Å²) in [6.45, 7) is 2.32. The standard InChI is InChI=1S/C16H22ClN3/c1-12(13-6-3-2-4-7-13)20-15(9-10-17)19-14-8-5-11-18-16(14)20/h5,8,11-13H,2-4,6-7,9-10H2,1H3. The zero-order valence-electron chi connectivity index (χ0n) is 12.1. The number of aromatic nitrogens is 3. The van der Waals surface area contributed by atoms with Gasteiger partial charge in [0.2, 0.25) is 0 Å². The third-order valence-corrected chi connectivity index (χ3v) is 4.77. The van der Waals surface area contributed by atoms with Crippen LogP contribution >= 0.6 is 11.6 Å². The number of imidazole rings is 1. The maximum Gasteiger partial charge on any atom is 0.160 e. The fourth-order valence-corrected chi connectivity index (χ4v) is 3.66. The van der Waals surface area contributed by atoms with Gasteiger partial charge in [0.25, 0.3) is 0 Å². The van der Waals surface area contributed by atoms with Crippen LogP contribution in [-0.2, 0) is 6.42 Å². The van der Waals surface area contributed by atoms with Gasteiger partial charge in [-0.05, 0) is 37.8 Å². The topological polar surface area (TPSA) is 30.7 Å². The van der Waals surface area contributed by atoms with E-state index in [4.69, 9.17) is 16.6 Å². The van der Waals surface area contributed by atoms with Crippen LogP contribution < -0.4 is 0 Å². The van der Waals surface area contributed by atoms with Crippen LogP contribution in [0.5, 0.6) is 0 Å². The van der Waals surface area contributed by atoms with Crippen molar-refractivity contribution in [2.75, 3.05) is 5.88 Å². The molecule has 0 aliphatic heterocycles. The van der Waals surface area contributed by atoms with Crippen molar-refractivity contribution in [3.8, 4) is 0 Å². The van der Waals surface area contributed by atoms with E-state index >= 15 is 0 Å². The fraction of sp³-hybridized carbons (Fsp3) is 0.625. The lowest BCUT2D eigenvalue weighted by Gasteiger charge is -2.29. The zero-order valence-corrected chi connectivity index (χ0v) is 12.8. The summed E-state index contributed by atoms with van der Waals surface area (Å²) in [4.78, 5) is 9.29. The van der Waals surface area contributed by atoms with Gasteiger partial charge in [-0.2, -0.15) is 0 Å². The molecule has 0 amide bonds. The van der Waals surface area contributed by atoms with Gasteiger partial charge in [0, 0.05) is 24.5 Å². The van der Waals surface area contributed by atoms with Crippen molar-refractivity contribution < 1.29 is 0 Å². The molecule has 1 fully saturated rings. The molecular formula is C16H22ClN3. The minimum atomic E-state index is 0.466. The first-order chi connectivity index (χ1) is 9.81. The molecule has 0 bridgehead atoms. The lowest BCUT2D eigenvalue weighted by molar-refractivity contribution is 0.263. The van der Waals surface area contributed by atoms with Crippen LogP contribution in [0.3, 0.4) is 0 Å². The lowest BCUT2D eigenvalue weighted by Crippen LogP contribution is -2.21.